The predicted octanol–water partition coefficient (Wildman–Crippen LogP) is -0.176. The van der Waals surface area contributed by atoms with E-state index >= 15 is 0 Å². The van der Waals surface area contributed by atoms with Crippen LogP contribution in [0, 0.1) is 11.8 Å². The van der Waals surface area contributed by atoms with E-state index < -0.39 is 6.04 Å². The highest BCUT2D eigenvalue weighted by atomic mass is 16.2. The average molecular weight is 287 g/mol. The van der Waals surface area contributed by atoms with Crippen molar-refractivity contribution in [1.82, 2.24) is 15.6 Å². The van der Waals surface area contributed by atoms with Crippen LogP contribution >= 0.6 is 0 Å². The van der Waals surface area contributed by atoms with E-state index in [0.29, 0.717) is 30.5 Å². The number of pyridine rings is 1. The van der Waals surface area contributed by atoms with Gasteiger partial charge in [0.2, 0.25) is 5.91 Å². The number of nitrogens with zero attached hydrogens (tertiary/aromatic N) is 1. The van der Waals surface area contributed by atoms with Gasteiger partial charge in [0.05, 0.1) is 12.2 Å². The zero-order valence-electron chi connectivity index (χ0n) is 11.6. The molecule has 2 amide bonds. The van der Waals surface area contributed by atoms with E-state index in [1.54, 1.807) is 12.3 Å². The number of rotatable bonds is 3. The molecular weight excluding hydrogens is 270 g/mol. The Morgan fingerprint density at radius 2 is 2.38 bits per heavy atom. The Bertz CT molecular complexity index is 589. The monoisotopic (exact) mass is 287 g/mol. The van der Waals surface area contributed by atoms with Gasteiger partial charge in [-0.25, -0.2) is 0 Å². The van der Waals surface area contributed by atoms with Crippen LogP contribution in [0.15, 0.2) is 18.5 Å². The summed E-state index contributed by atoms with van der Waals surface area (Å²) in [7, 11) is 0. The van der Waals surface area contributed by atoms with Crippen molar-refractivity contribution in [3.8, 4) is 11.8 Å². The highest BCUT2D eigenvalue weighted by molar-refractivity contribution is 5.97. The van der Waals surface area contributed by atoms with Gasteiger partial charge in [-0.2, -0.15) is 0 Å². The van der Waals surface area contributed by atoms with Gasteiger partial charge in [-0.15, -0.1) is 0 Å². The first-order valence-electron chi connectivity index (χ1n) is 6.84. The van der Waals surface area contributed by atoms with Crippen molar-refractivity contribution in [3.63, 3.8) is 0 Å². The molecule has 0 aliphatic carbocycles. The van der Waals surface area contributed by atoms with Crippen LogP contribution in [0.3, 0.4) is 0 Å². The molecule has 2 heterocycles. The van der Waals surface area contributed by atoms with Crippen LogP contribution in [0.1, 0.15) is 35.2 Å². The molecule has 0 bridgehead atoms. The highest BCUT2D eigenvalue weighted by Crippen LogP contribution is 2.06. The zero-order valence-corrected chi connectivity index (χ0v) is 11.6. The number of hydrogen-bond donors (Lipinski definition) is 3. The van der Waals surface area contributed by atoms with Crippen molar-refractivity contribution in [1.29, 1.82) is 0 Å². The lowest BCUT2D eigenvalue weighted by atomic mass is 10.1. The van der Waals surface area contributed by atoms with Gasteiger partial charge in [0.25, 0.3) is 5.91 Å². The second-order valence-electron chi connectivity index (χ2n) is 4.70. The lowest BCUT2D eigenvalue weighted by molar-refractivity contribution is -0.124. The van der Waals surface area contributed by atoms with E-state index in [1.807, 2.05) is 0 Å². The maximum absolute atomic E-state index is 12.1. The van der Waals surface area contributed by atoms with Crippen LogP contribution in [0.5, 0.6) is 0 Å². The SMILES string of the molecule is O=C(NC1CCCNC1=O)c1cncc(C#CCCO)c1. The molecule has 21 heavy (non-hydrogen) atoms. The van der Waals surface area contributed by atoms with Crippen molar-refractivity contribution < 1.29 is 14.7 Å². The number of amides is 2. The Labute approximate surface area is 123 Å². The average Bonchev–Trinajstić information content (AvgIpc) is 2.50. The van der Waals surface area contributed by atoms with Crippen LogP contribution < -0.4 is 10.6 Å². The molecular formula is C15H17N3O3. The largest absolute Gasteiger partial charge is 0.395 e. The van der Waals surface area contributed by atoms with Gasteiger partial charge in [0, 0.05) is 30.9 Å². The fourth-order valence-electron chi connectivity index (χ4n) is 2.00. The van der Waals surface area contributed by atoms with Crippen molar-refractivity contribution in [3.05, 3.63) is 29.6 Å². The summed E-state index contributed by atoms with van der Waals surface area (Å²) in [6.07, 6.45) is 4.85. The molecule has 1 saturated heterocycles. The Morgan fingerprint density at radius 1 is 1.52 bits per heavy atom. The van der Waals surface area contributed by atoms with E-state index in [0.717, 1.165) is 6.42 Å². The fourth-order valence-corrected chi connectivity index (χ4v) is 2.00. The zero-order chi connectivity index (χ0) is 15.1. The Kier molecular flexibility index (Phi) is 5.29. The molecule has 1 fully saturated rings. The minimum Gasteiger partial charge on any atom is -0.395 e. The first kappa shape index (κ1) is 15.0. The van der Waals surface area contributed by atoms with Gasteiger partial charge in [-0.1, -0.05) is 11.8 Å². The standard InChI is InChI=1S/C15H17N3O3/c19-7-2-1-4-11-8-12(10-16-9-11)14(20)18-13-5-3-6-17-15(13)21/h8-10,13,19H,2-3,5-7H2,(H,17,21)(H,18,20). The van der Waals surface area contributed by atoms with Crippen LogP contribution in [-0.4, -0.2) is 41.1 Å². The van der Waals surface area contributed by atoms with Crippen LogP contribution in [-0.2, 0) is 4.79 Å². The minimum absolute atomic E-state index is 0.00258. The van der Waals surface area contributed by atoms with Gasteiger partial charge in [0.15, 0.2) is 0 Å². The van der Waals surface area contributed by atoms with E-state index in [1.165, 1.54) is 6.20 Å². The summed E-state index contributed by atoms with van der Waals surface area (Å²) in [5.74, 6) is 5.10. The van der Waals surface area contributed by atoms with Gasteiger partial charge in [0.1, 0.15) is 6.04 Å². The van der Waals surface area contributed by atoms with Crippen LogP contribution in [0.4, 0.5) is 0 Å². The van der Waals surface area contributed by atoms with Crippen molar-refractivity contribution in [2.24, 2.45) is 0 Å². The van der Waals surface area contributed by atoms with Gasteiger partial charge >= 0.3 is 0 Å². The summed E-state index contributed by atoms with van der Waals surface area (Å²) in [5, 5.41) is 14.1. The van der Waals surface area contributed by atoms with Crippen molar-refractivity contribution in [2.45, 2.75) is 25.3 Å². The summed E-state index contributed by atoms with van der Waals surface area (Å²) < 4.78 is 0. The normalized spacial score (nSPS) is 17.4. The molecule has 6 heteroatoms. The molecule has 1 aromatic heterocycles. The maximum atomic E-state index is 12.1. The number of aromatic nitrogens is 1. The summed E-state index contributed by atoms with van der Waals surface area (Å²) in [6, 6.07) is 1.13. The number of hydrogen-bond acceptors (Lipinski definition) is 4. The minimum atomic E-state index is -0.490. The predicted molar refractivity (Wildman–Crippen MR) is 76.3 cm³/mol. The maximum Gasteiger partial charge on any atom is 0.253 e. The highest BCUT2D eigenvalue weighted by Gasteiger charge is 2.24. The molecule has 1 aliphatic rings. The van der Waals surface area contributed by atoms with Gasteiger partial charge < -0.3 is 15.7 Å². The third-order valence-corrected chi connectivity index (χ3v) is 3.06. The molecule has 2 rings (SSSR count). The molecule has 0 radical (unpaired) electrons. The number of nitrogens with one attached hydrogen (secondary N) is 2. The second-order valence-corrected chi connectivity index (χ2v) is 4.70. The molecule has 3 N–H and O–H groups in total. The second kappa shape index (κ2) is 7.41. The molecule has 1 aromatic rings. The number of piperidine rings is 1. The molecule has 110 valence electrons. The number of aliphatic hydroxyl groups excluding tert-OH is 1. The Hall–Kier alpha value is -2.39. The quantitative estimate of drug-likeness (QED) is 0.673. The number of aliphatic hydroxyl groups is 1. The third-order valence-electron chi connectivity index (χ3n) is 3.06. The van der Waals surface area contributed by atoms with Gasteiger partial charge in [-0.3, -0.25) is 14.6 Å². The smallest absolute Gasteiger partial charge is 0.253 e. The summed E-state index contributed by atoms with van der Waals surface area (Å²) >= 11 is 0. The van der Waals surface area contributed by atoms with Gasteiger partial charge in [-0.05, 0) is 18.9 Å². The summed E-state index contributed by atoms with van der Waals surface area (Å²) in [5.41, 5.74) is 0.966. The van der Waals surface area contributed by atoms with Crippen LogP contribution in [0.2, 0.25) is 0 Å². The van der Waals surface area contributed by atoms with Crippen LogP contribution in [0.25, 0.3) is 0 Å². The van der Waals surface area contributed by atoms with E-state index in [2.05, 4.69) is 27.5 Å². The number of carbonyl (C=O) groups is 2. The first-order valence-corrected chi connectivity index (χ1v) is 6.84. The number of carbonyl (C=O) groups excluding carboxylic acids is 2. The third kappa shape index (κ3) is 4.29. The van der Waals surface area contributed by atoms with Crippen molar-refractivity contribution in [2.75, 3.05) is 13.2 Å². The van der Waals surface area contributed by atoms with Crippen molar-refractivity contribution >= 4 is 11.8 Å². The summed E-state index contributed by atoms with van der Waals surface area (Å²) in [4.78, 5) is 27.7. The molecule has 0 aromatic carbocycles. The van der Waals surface area contributed by atoms with E-state index in [-0.39, 0.29) is 18.4 Å². The Morgan fingerprint density at radius 3 is 3.14 bits per heavy atom. The molecule has 1 unspecified atom stereocenters. The Balaban J connectivity index is 2.04. The lowest BCUT2D eigenvalue weighted by Crippen LogP contribution is -2.50. The van der Waals surface area contributed by atoms with E-state index in [4.69, 9.17) is 5.11 Å². The molecule has 1 atom stereocenters. The molecule has 0 spiro atoms. The molecule has 6 nitrogen and oxygen atoms in total. The van der Waals surface area contributed by atoms with E-state index in [9.17, 15) is 9.59 Å². The first-order chi connectivity index (χ1) is 10.2. The topological polar surface area (TPSA) is 91.3 Å². The fraction of sp³-hybridized carbons (Fsp3) is 0.400. The lowest BCUT2D eigenvalue weighted by Gasteiger charge is -2.22. The summed E-state index contributed by atoms with van der Waals surface area (Å²) in [6.45, 7) is 0.653. The molecule has 0 saturated carbocycles. The molecule has 1 aliphatic heterocycles.